The first-order chi connectivity index (χ1) is 5.77. The van der Waals surface area contributed by atoms with E-state index in [0.717, 1.165) is 6.42 Å². The molecule has 0 radical (unpaired) electrons. The van der Waals surface area contributed by atoms with E-state index >= 15 is 0 Å². The van der Waals surface area contributed by atoms with Crippen LogP contribution >= 0.6 is 0 Å². The summed E-state index contributed by atoms with van der Waals surface area (Å²) in [7, 11) is 0. The minimum Gasteiger partial charge on any atom is -0.299 e. The van der Waals surface area contributed by atoms with Crippen molar-refractivity contribution in [2.45, 2.75) is 19.8 Å². The highest BCUT2D eigenvalue weighted by molar-refractivity contribution is 5.85. The molecule has 0 saturated carbocycles. The molecule has 1 aliphatic carbocycles. The first-order valence-corrected chi connectivity index (χ1v) is 4.37. The summed E-state index contributed by atoms with van der Waals surface area (Å²) in [6.07, 6.45) is 1.56. The van der Waals surface area contributed by atoms with Gasteiger partial charge in [0.15, 0.2) is 0 Å². The number of fused-ring (bicyclic) bond motifs is 1. The van der Waals surface area contributed by atoms with E-state index < -0.39 is 0 Å². The van der Waals surface area contributed by atoms with Crippen molar-refractivity contribution in [1.29, 1.82) is 0 Å². The fourth-order valence-electron chi connectivity index (χ4n) is 1.73. The summed E-state index contributed by atoms with van der Waals surface area (Å²) in [5.41, 5.74) is 2.57. The first-order valence-electron chi connectivity index (χ1n) is 4.37. The second-order valence-corrected chi connectivity index (χ2v) is 3.52. The Bertz CT molecular complexity index is 315. The van der Waals surface area contributed by atoms with E-state index in [0.29, 0.717) is 12.2 Å². The molecule has 1 aromatic rings. The van der Waals surface area contributed by atoms with Crippen LogP contribution in [0.5, 0.6) is 0 Å². The lowest BCUT2D eigenvalue weighted by molar-refractivity contribution is -0.122. The minimum absolute atomic E-state index is 0.222. The second-order valence-electron chi connectivity index (χ2n) is 3.52. The zero-order valence-corrected chi connectivity index (χ0v) is 7.21. The summed E-state index contributed by atoms with van der Waals surface area (Å²) < 4.78 is 0. The summed E-state index contributed by atoms with van der Waals surface area (Å²) >= 11 is 0. The molecule has 1 aliphatic rings. The van der Waals surface area contributed by atoms with Crippen molar-refractivity contribution < 1.29 is 4.79 Å². The smallest absolute Gasteiger partial charge is 0.140 e. The molecule has 0 aliphatic heterocycles. The number of hydrogen-bond donors (Lipinski definition) is 0. The largest absolute Gasteiger partial charge is 0.299 e. The molecular formula is C11H12O. The van der Waals surface area contributed by atoms with Crippen LogP contribution in [-0.4, -0.2) is 5.78 Å². The van der Waals surface area contributed by atoms with Crippen LogP contribution in [0.15, 0.2) is 24.3 Å². The van der Waals surface area contributed by atoms with Gasteiger partial charge < -0.3 is 0 Å². The Morgan fingerprint density at radius 2 is 1.92 bits per heavy atom. The summed E-state index contributed by atoms with van der Waals surface area (Å²) in [6.45, 7) is 2.01. The molecule has 0 bridgehead atoms. The SMILES string of the molecule is CC1Cc2ccccc2CC1=O. The minimum atomic E-state index is 0.222. The number of hydrogen-bond acceptors (Lipinski definition) is 1. The molecule has 1 nitrogen and oxygen atoms in total. The molecule has 0 amide bonds. The third-order valence-electron chi connectivity index (χ3n) is 2.56. The monoisotopic (exact) mass is 160 g/mol. The van der Waals surface area contributed by atoms with Crippen molar-refractivity contribution in [3.05, 3.63) is 35.4 Å². The van der Waals surface area contributed by atoms with Gasteiger partial charge in [-0.15, -0.1) is 0 Å². The van der Waals surface area contributed by atoms with Crippen molar-refractivity contribution >= 4 is 5.78 Å². The fourth-order valence-corrected chi connectivity index (χ4v) is 1.73. The molecule has 62 valence electrons. The number of benzene rings is 1. The summed E-state index contributed by atoms with van der Waals surface area (Å²) in [6, 6.07) is 8.22. The van der Waals surface area contributed by atoms with Crippen LogP contribution in [0.25, 0.3) is 0 Å². The molecule has 0 N–H and O–H groups in total. The fraction of sp³-hybridized carbons (Fsp3) is 0.364. The molecule has 2 rings (SSSR count). The number of ketones is 1. The molecule has 0 fully saturated rings. The van der Waals surface area contributed by atoms with E-state index in [1.54, 1.807) is 0 Å². The van der Waals surface area contributed by atoms with Crippen LogP contribution in [0, 0.1) is 5.92 Å². The van der Waals surface area contributed by atoms with Crippen LogP contribution in [0.1, 0.15) is 18.1 Å². The Kier molecular flexibility index (Phi) is 1.72. The first kappa shape index (κ1) is 7.53. The zero-order chi connectivity index (χ0) is 8.55. The van der Waals surface area contributed by atoms with E-state index in [9.17, 15) is 4.79 Å². The average molecular weight is 160 g/mol. The lowest BCUT2D eigenvalue weighted by Gasteiger charge is -2.19. The van der Waals surface area contributed by atoms with Gasteiger partial charge in [0.1, 0.15) is 5.78 Å². The summed E-state index contributed by atoms with van der Waals surface area (Å²) in [5, 5.41) is 0. The number of Topliss-reactive ketones (excluding diaryl/α,β-unsaturated/α-hetero) is 1. The van der Waals surface area contributed by atoms with Crippen molar-refractivity contribution in [1.82, 2.24) is 0 Å². The van der Waals surface area contributed by atoms with Gasteiger partial charge in [-0.25, -0.2) is 0 Å². The zero-order valence-electron chi connectivity index (χ0n) is 7.21. The Morgan fingerprint density at radius 1 is 1.25 bits per heavy atom. The predicted octanol–water partition coefficient (Wildman–Crippen LogP) is 1.99. The maximum absolute atomic E-state index is 11.4. The van der Waals surface area contributed by atoms with E-state index in [1.807, 2.05) is 19.1 Å². The molecular weight excluding hydrogens is 148 g/mol. The van der Waals surface area contributed by atoms with Crippen molar-refractivity contribution in [2.75, 3.05) is 0 Å². The van der Waals surface area contributed by atoms with Gasteiger partial charge in [-0.05, 0) is 17.5 Å². The van der Waals surface area contributed by atoms with Crippen LogP contribution in [0.4, 0.5) is 0 Å². The van der Waals surface area contributed by atoms with Gasteiger partial charge in [-0.3, -0.25) is 4.79 Å². The maximum atomic E-state index is 11.4. The number of rotatable bonds is 0. The van der Waals surface area contributed by atoms with Gasteiger partial charge in [0, 0.05) is 12.3 Å². The maximum Gasteiger partial charge on any atom is 0.140 e. The lowest BCUT2D eigenvalue weighted by atomic mass is 9.84. The quantitative estimate of drug-likeness (QED) is 0.567. The second kappa shape index (κ2) is 2.74. The van der Waals surface area contributed by atoms with Crippen LogP contribution in [-0.2, 0) is 17.6 Å². The van der Waals surface area contributed by atoms with Crippen molar-refractivity contribution in [2.24, 2.45) is 5.92 Å². The highest BCUT2D eigenvalue weighted by atomic mass is 16.1. The van der Waals surface area contributed by atoms with Crippen LogP contribution < -0.4 is 0 Å². The van der Waals surface area contributed by atoms with E-state index in [1.165, 1.54) is 11.1 Å². The molecule has 0 spiro atoms. The van der Waals surface area contributed by atoms with Gasteiger partial charge in [0.05, 0.1) is 0 Å². The van der Waals surface area contributed by atoms with Gasteiger partial charge >= 0.3 is 0 Å². The molecule has 1 heteroatoms. The van der Waals surface area contributed by atoms with Crippen molar-refractivity contribution in [3.63, 3.8) is 0 Å². The molecule has 1 unspecified atom stereocenters. The Hall–Kier alpha value is -1.11. The molecule has 0 heterocycles. The molecule has 0 aromatic heterocycles. The Balaban J connectivity index is 2.40. The van der Waals surface area contributed by atoms with E-state index in [2.05, 4.69) is 12.1 Å². The number of carbonyl (C=O) groups excluding carboxylic acids is 1. The standard InChI is InChI=1S/C11H12O/c1-8-6-9-4-2-3-5-10(9)7-11(8)12/h2-5,8H,6-7H2,1H3. The molecule has 12 heavy (non-hydrogen) atoms. The molecule has 1 atom stereocenters. The van der Waals surface area contributed by atoms with E-state index in [4.69, 9.17) is 0 Å². The Labute approximate surface area is 72.4 Å². The lowest BCUT2D eigenvalue weighted by Crippen LogP contribution is -2.22. The van der Waals surface area contributed by atoms with Crippen LogP contribution in [0.2, 0.25) is 0 Å². The highest BCUT2D eigenvalue weighted by Crippen LogP contribution is 2.22. The third kappa shape index (κ3) is 1.15. The molecule has 1 aromatic carbocycles. The summed E-state index contributed by atoms with van der Waals surface area (Å²) in [5.74, 6) is 0.605. The highest BCUT2D eigenvalue weighted by Gasteiger charge is 2.21. The Morgan fingerprint density at radius 3 is 2.67 bits per heavy atom. The average Bonchev–Trinajstić information content (AvgIpc) is 2.07. The normalized spacial score (nSPS) is 22.1. The van der Waals surface area contributed by atoms with Crippen LogP contribution in [0.3, 0.4) is 0 Å². The van der Waals surface area contributed by atoms with Crippen molar-refractivity contribution in [3.8, 4) is 0 Å². The molecule has 0 saturated heterocycles. The number of carbonyl (C=O) groups is 1. The van der Waals surface area contributed by atoms with Gasteiger partial charge in [-0.2, -0.15) is 0 Å². The third-order valence-corrected chi connectivity index (χ3v) is 2.56. The van der Waals surface area contributed by atoms with Gasteiger partial charge in [0.2, 0.25) is 0 Å². The topological polar surface area (TPSA) is 17.1 Å². The van der Waals surface area contributed by atoms with Gasteiger partial charge in [-0.1, -0.05) is 31.2 Å². The summed E-state index contributed by atoms with van der Waals surface area (Å²) in [4.78, 5) is 11.4. The van der Waals surface area contributed by atoms with Gasteiger partial charge in [0.25, 0.3) is 0 Å². The predicted molar refractivity (Wildman–Crippen MR) is 48.0 cm³/mol. The van der Waals surface area contributed by atoms with E-state index in [-0.39, 0.29) is 5.92 Å².